The maximum Gasteiger partial charge on any atom is 0.272 e. The van der Waals surface area contributed by atoms with Crippen LogP contribution in [-0.2, 0) is 0 Å². The number of aromatic hydroxyl groups is 1. The Hall–Kier alpha value is -4.17. The van der Waals surface area contributed by atoms with Crippen molar-refractivity contribution in [3.63, 3.8) is 0 Å². The molecule has 0 spiro atoms. The highest BCUT2D eigenvalue weighted by atomic mass is 16.3. The first kappa shape index (κ1) is 20.1. The van der Waals surface area contributed by atoms with E-state index in [0.29, 0.717) is 11.1 Å². The zero-order chi connectivity index (χ0) is 22.0. The van der Waals surface area contributed by atoms with E-state index in [-0.39, 0.29) is 11.4 Å². The molecule has 152 valence electrons. The molecule has 0 saturated carbocycles. The van der Waals surface area contributed by atoms with Crippen molar-refractivity contribution in [2.45, 2.75) is 19.9 Å². The Balaban J connectivity index is 1.89. The Morgan fingerprint density at radius 2 is 1.71 bits per heavy atom. The molecular formula is C26H21N3O2. The van der Waals surface area contributed by atoms with Crippen molar-refractivity contribution >= 4 is 22.7 Å². The highest BCUT2D eigenvalue weighted by molar-refractivity contribution is 5.96. The molecule has 0 fully saturated rings. The molecule has 1 atom stereocenters. The molecule has 31 heavy (non-hydrogen) atoms. The van der Waals surface area contributed by atoms with Crippen LogP contribution in [0.25, 0.3) is 10.8 Å². The van der Waals surface area contributed by atoms with E-state index in [2.05, 4.69) is 4.99 Å². The van der Waals surface area contributed by atoms with Crippen LogP contribution in [0.5, 0.6) is 5.88 Å². The molecule has 0 aliphatic rings. The van der Waals surface area contributed by atoms with E-state index in [1.54, 1.807) is 6.92 Å². The summed E-state index contributed by atoms with van der Waals surface area (Å²) in [5.74, 6) is -0.207. The van der Waals surface area contributed by atoms with Gasteiger partial charge in [-0.3, -0.25) is 14.4 Å². The number of hydrogen-bond donors (Lipinski definition) is 1. The molecule has 0 saturated heterocycles. The van der Waals surface area contributed by atoms with Crippen molar-refractivity contribution in [3.05, 3.63) is 105 Å². The SMILES string of the molecule is Cc1c(C=Nc2cccc3ccccc23)c(O)n(C(C)c2ccccc2)c(=O)c1C#N. The standard InChI is InChI=1S/C26H21N3O2/c1-17-22(15-27)25(30)29(18(2)19-9-4-3-5-10-19)26(31)23(17)16-28-24-14-8-12-20-11-6-7-13-21(20)24/h3-14,16,18,31H,1-2H3. The number of aliphatic imine (C=N–C) groups is 1. The van der Waals surface area contributed by atoms with Crippen LogP contribution in [0.15, 0.2) is 82.6 Å². The average molecular weight is 407 g/mol. The van der Waals surface area contributed by atoms with E-state index in [9.17, 15) is 15.2 Å². The van der Waals surface area contributed by atoms with Gasteiger partial charge in [0, 0.05) is 11.6 Å². The topological polar surface area (TPSA) is 78.4 Å². The fourth-order valence-corrected chi connectivity index (χ4v) is 3.79. The van der Waals surface area contributed by atoms with Gasteiger partial charge in [0.1, 0.15) is 11.6 Å². The molecule has 4 rings (SSSR count). The van der Waals surface area contributed by atoms with Gasteiger partial charge in [-0.15, -0.1) is 0 Å². The maximum atomic E-state index is 13.0. The van der Waals surface area contributed by atoms with Crippen LogP contribution in [0.3, 0.4) is 0 Å². The summed E-state index contributed by atoms with van der Waals surface area (Å²) < 4.78 is 1.26. The van der Waals surface area contributed by atoms with E-state index >= 15 is 0 Å². The molecule has 1 heterocycles. The third-order valence-corrected chi connectivity index (χ3v) is 5.56. The van der Waals surface area contributed by atoms with Gasteiger partial charge in [-0.1, -0.05) is 66.7 Å². The van der Waals surface area contributed by atoms with Crippen LogP contribution in [-0.4, -0.2) is 15.9 Å². The van der Waals surface area contributed by atoms with Crippen molar-refractivity contribution < 1.29 is 5.11 Å². The third-order valence-electron chi connectivity index (χ3n) is 5.56. The Morgan fingerprint density at radius 1 is 1.03 bits per heavy atom. The molecule has 0 radical (unpaired) electrons. The molecule has 1 N–H and O–H groups in total. The minimum atomic E-state index is -0.517. The fourth-order valence-electron chi connectivity index (χ4n) is 3.79. The van der Waals surface area contributed by atoms with E-state index in [1.807, 2.05) is 85.8 Å². The summed E-state index contributed by atoms with van der Waals surface area (Å²) in [4.78, 5) is 17.6. The second kappa shape index (κ2) is 8.29. The normalized spacial score (nSPS) is 12.2. The molecule has 0 bridgehead atoms. The second-order valence-corrected chi connectivity index (χ2v) is 7.37. The van der Waals surface area contributed by atoms with Crippen molar-refractivity contribution in [3.8, 4) is 11.9 Å². The van der Waals surface area contributed by atoms with Gasteiger partial charge < -0.3 is 5.11 Å². The van der Waals surface area contributed by atoms with E-state index in [4.69, 9.17) is 0 Å². The van der Waals surface area contributed by atoms with Crippen LogP contribution in [0.2, 0.25) is 0 Å². The van der Waals surface area contributed by atoms with Crippen LogP contribution in [0.4, 0.5) is 5.69 Å². The van der Waals surface area contributed by atoms with Crippen LogP contribution < -0.4 is 5.56 Å². The predicted octanol–water partition coefficient (Wildman–Crippen LogP) is 5.25. The summed E-state index contributed by atoms with van der Waals surface area (Å²) in [6.07, 6.45) is 1.53. The number of rotatable bonds is 4. The summed E-state index contributed by atoms with van der Waals surface area (Å²) in [7, 11) is 0. The lowest BCUT2D eigenvalue weighted by Gasteiger charge is -2.20. The van der Waals surface area contributed by atoms with Crippen molar-refractivity contribution in [2.24, 2.45) is 4.99 Å². The zero-order valence-corrected chi connectivity index (χ0v) is 17.3. The second-order valence-electron chi connectivity index (χ2n) is 7.37. The summed E-state index contributed by atoms with van der Waals surface area (Å²) in [6.45, 7) is 3.47. The lowest BCUT2D eigenvalue weighted by molar-refractivity contribution is 0.393. The minimum Gasteiger partial charge on any atom is -0.494 e. The van der Waals surface area contributed by atoms with Crippen LogP contribution in [0, 0.1) is 18.3 Å². The molecule has 1 unspecified atom stereocenters. The van der Waals surface area contributed by atoms with Gasteiger partial charge in [-0.25, -0.2) is 0 Å². The number of pyridine rings is 1. The number of hydrogen-bond acceptors (Lipinski definition) is 4. The molecular weight excluding hydrogens is 386 g/mol. The smallest absolute Gasteiger partial charge is 0.272 e. The van der Waals surface area contributed by atoms with Crippen molar-refractivity contribution in [2.75, 3.05) is 0 Å². The Morgan fingerprint density at radius 3 is 2.45 bits per heavy atom. The Kier molecular flexibility index (Phi) is 5.38. The third kappa shape index (κ3) is 3.60. The van der Waals surface area contributed by atoms with E-state index < -0.39 is 11.6 Å². The Labute approximate surface area is 180 Å². The number of nitrogens with zero attached hydrogens (tertiary/aromatic N) is 3. The maximum absolute atomic E-state index is 13.0. The molecule has 1 aromatic heterocycles. The monoisotopic (exact) mass is 407 g/mol. The van der Waals surface area contributed by atoms with Crippen molar-refractivity contribution in [1.29, 1.82) is 5.26 Å². The number of nitriles is 1. The van der Waals surface area contributed by atoms with Gasteiger partial charge >= 0.3 is 0 Å². The molecule has 0 aliphatic heterocycles. The lowest BCUT2D eigenvalue weighted by Crippen LogP contribution is -2.28. The van der Waals surface area contributed by atoms with Gasteiger partial charge in [0.05, 0.1) is 17.3 Å². The predicted molar refractivity (Wildman–Crippen MR) is 123 cm³/mol. The quantitative estimate of drug-likeness (QED) is 0.470. The van der Waals surface area contributed by atoms with Crippen LogP contribution in [0.1, 0.15) is 35.2 Å². The molecule has 0 amide bonds. The zero-order valence-electron chi connectivity index (χ0n) is 17.3. The average Bonchev–Trinajstić information content (AvgIpc) is 2.80. The molecule has 3 aromatic carbocycles. The molecule has 5 nitrogen and oxygen atoms in total. The van der Waals surface area contributed by atoms with Gasteiger partial charge in [-0.05, 0) is 36.4 Å². The van der Waals surface area contributed by atoms with Gasteiger partial charge in [0.25, 0.3) is 5.56 Å². The summed E-state index contributed by atoms with van der Waals surface area (Å²) in [5.41, 5.74) is 1.84. The largest absolute Gasteiger partial charge is 0.494 e. The first-order valence-corrected chi connectivity index (χ1v) is 9.98. The van der Waals surface area contributed by atoms with Gasteiger partial charge in [0.2, 0.25) is 5.88 Å². The van der Waals surface area contributed by atoms with E-state index in [0.717, 1.165) is 22.0 Å². The van der Waals surface area contributed by atoms with Gasteiger partial charge in [0.15, 0.2) is 0 Å². The first-order valence-electron chi connectivity index (χ1n) is 9.98. The molecule has 0 aliphatic carbocycles. The number of fused-ring (bicyclic) bond motifs is 1. The Bertz CT molecular complexity index is 1390. The summed E-state index contributed by atoms with van der Waals surface area (Å²) in [5, 5.41) is 22.7. The van der Waals surface area contributed by atoms with Crippen LogP contribution >= 0.6 is 0 Å². The van der Waals surface area contributed by atoms with E-state index in [1.165, 1.54) is 10.8 Å². The van der Waals surface area contributed by atoms with Crippen molar-refractivity contribution in [1.82, 2.24) is 4.57 Å². The minimum absolute atomic E-state index is 0.0000455. The summed E-state index contributed by atoms with van der Waals surface area (Å²) in [6, 6.07) is 24.6. The first-order chi connectivity index (χ1) is 15.0. The highest BCUT2D eigenvalue weighted by Crippen LogP contribution is 2.29. The molecule has 4 aromatic rings. The lowest BCUT2D eigenvalue weighted by atomic mass is 10.0. The molecule has 5 heteroatoms. The summed E-state index contributed by atoms with van der Waals surface area (Å²) >= 11 is 0. The highest BCUT2D eigenvalue weighted by Gasteiger charge is 2.22. The van der Waals surface area contributed by atoms with Gasteiger partial charge in [-0.2, -0.15) is 5.26 Å². The number of aromatic nitrogens is 1. The fraction of sp³-hybridized carbons (Fsp3) is 0.115. The number of benzene rings is 3.